The van der Waals surface area contributed by atoms with E-state index in [1.807, 2.05) is 7.11 Å². The summed E-state index contributed by atoms with van der Waals surface area (Å²) in [6.45, 7) is 6.63. The summed E-state index contributed by atoms with van der Waals surface area (Å²) in [5, 5.41) is 7.29. The molecule has 0 saturated heterocycles. The Bertz CT molecular complexity index is 484. The molecule has 0 radical (unpaired) electrons. The van der Waals surface area contributed by atoms with Crippen molar-refractivity contribution in [3.63, 3.8) is 0 Å². The third-order valence-corrected chi connectivity index (χ3v) is 5.16. The van der Waals surface area contributed by atoms with Crippen LogP contribution >= 0.6 is 0 Å². The fourth-order valence-corrected chi connectivity index (χ4v) is 3.59. The zero-order valence-corrected chi connectivity index (χ0v) is 12.8. The van der Waals surface area contributed by atoms with Crippen molar-refractivity contribution in [1.29, 1.82) is 0 Å². The highest BCUT2D eigenvalue weighted by molar-refractivity contribution is 5.59. The highest BCUT2D eigenvalue weighted by Gasteiger charge is 2.48. The van der Waals surface area contributed by atoms with E-state index in [9.17, 15) is 0 Å². The molecular formula is C17H26N2O. The molecule has 0 aromatic heterocycles. The SMILES string of the molecule is COC1CC(NCc2cccc3c2NCCC3)C1(C)C. The summed E-state index contributed by atoms with van der Waals surface area (Å²) in [6, 6.07) is 7.22. The highest BCUT2D eigenvalue weighted by Crippen LogP contribution is 2.42. The Morgan fingerprint density at radius 3 is 3.00 bits per heavy atom. The summed E-state index contributed by atoms with van der Waals surface area (Å²) in [5.74, 6) is 0. The molecule has 20 heavy (non-hydrogen) atoms. The molecule has 0 amide bonds. The lowest BCUT2D eigenvalue weighted by Gasteiger charge is -2.51. The standard InChI is InChI=1S/C17H26N2O/c1-17(2)14(10-15(17)20-3)19-11-13-7-4-6-12-8-5-9-18-16(12)13/h4,6-7,14-15,18-19H,5,8-11H2,1-3H3. The molecule has 1 heterocycles. The van der Waals surface area contributed by atoms with Crippen LogP contribution in [0.15, 0.2) is 18.2 Å². The third-order valence-electron chi connectivity index (χ3n) is 5.16. The molecule has 110 valence electrons. The molecule has 2 aliphatic rings. The van der Waals surface area contributed by atoms with Gasteiger partial charge in [-0.3, -0.25) is 0 Å². The van der Waals surface area contributed by atoms with Crippen LogP contribution < -0.4 is 10.6 Å². The van der Waals surface area contributed by atoms with E-state index in [2.05, 4.69) is 42.7 Å². The molecule has 3 heteroatoms. The maximum atomic E-state index is 5.52. The number of ether oxygens (including phenoxy) is 1. The van der Waals surface area contributed by atoms with Crippen molar-refractivity contribution < 1.29 is 4.74 Å². The summed E-state index contributed by atoms with van der Waals surface area (Å²) in [7, 11) is 1.82. The van der Waals surface area contributed by atoms with Crippen LogP contribution in [0.1, 0.15) is 37.8 Å². The monoisotopic (exact) mass is 274 g/mol. The van der Waals surface area contributed by atoms with Gasteiger partial charge in [0.15, 0.2) is 0 Å². The molecule has 0 spiro atoms. The van der Waals surface area contributed by atoms with E-state index in [1.165, 1.54) is 29.7 Å². The summed E-state index contributed by atoms with van der Waals surface area (Å²) in [4.78, 5) is 0. The molecular weight excluding hydrogens is 248 g/mol. The van der Waals surface area contributed by atoms with Crippen LogP contribution in [0.2, 0.25) is 0 Å². The van der Waals surface area contributed by atoms with Gasteiger partial charge in [-0.25, -0.2) is 0 Å². The van der Waals surface area contributed by atoms with Gasteiger partial charge in [0.2, 0.25) is 0 Å². The number of hydrogen-bond acceptors (Lipinski definition) is 3. The van der Waals surface area contributed by atoms with Gasteiger partial charge in [0.25, 0.3) is 0 Å². The smallest absolute Gasteiger partial charge is 0.0652 e. The number of anilines is 1. The highest BCUT2D eigenvalue weighted by atomic mass is 16.5. The van der Waals surface area contributed by atoms with Gasteiger partial charge in [-0.1, -0.05) is 32.0 Å². The molecule has 1 saturated carbocycles. The molecule has 2 unspecified atom stereocenters. The van der Waals surface area contributed by atoms with Crippen molar-refractivity contribution in [3.05, 3.63) is 29.3 Å². The van der Waals surface area contributed by atoms with Crippen LogP contribution in [0.5, 0.6) is 0 Å². The van der Waals surface area contributed by atoms with Crippen LogP contribution in [0, 0.1) is 5.41 Å². The maximum Gasteiger partial charge on any atom is 0.0652 e. The van der Waals surface area contributed by atoms with Crippen molar-refractivity contribution in [2.24, 2.45) is 5.41 Å². The second kappa shape index (κ2) is 5.38. The first kappa shape index (κ1) is 13.9. The topological polar surface area (TPSA) is 33.3 Å². The third kappa shape index (κ3) is 2.33. The Kier molecular flexibility index (Phi) is 3.74. The number of benzene rings is 1. The van der Waals surface area contributed by atoms with Gasteiger partial charge in [0.1, 0.15) is 0 Å². The molecule has 2 N–H and O–H groups in total. The quantitative estimate of drug-likeness (QED) is 0.885. The number of hydrogen-bond donors (Lipinski definition) is 2. The largest absolute Gasteiger partial charge is 0.385 e. The molecule has 2 atom stereocenters. The second-order valence-corrected chi connectivity index (χ2v) is 6.70. The van der Waals surface area contributed by atoms with Gasteiger partial charge in [-0.2, -0.15) is 0 Å². The Labute approximate surface area is 122 Å². The lowest BCUT2D eigenvalue weighted by Crippen LogP contribution is -2.60. The molecule has 0 bridgehead atoms. The Morgan fingerprint density at radius 1 is 1.40 bits per heavy atom. The van der Waals surface area contributed by atoms with E-state index in [0.717, 1.165) is 19.5 Å². The van der Waals surface area contributed by atoms with Crippen molar-refractivity contribution >= 4 is 5.69 Å². The summed E-state index contributed by atoms with van der Waals surface area (Å²) < 4.78 is 5.52. The molecule has 1 fully saturated rings. The van der Waals surface area contributed by atoms with Crippen LogP contribution in [-0.4, -0.2) is 25.8 Å². The first-order valence-electron chi connectivity index (χ1n) is 7.73. The molecule has 1 aliphatic heterocycles. The molecule has 3 nitrogen and oxygen atoms in total. The Morgan fingerprint density at radius 2 is 2.25 bits per heavy atom. The first-order valence-corrected chi connectivity index (χ1v) is 7.73. The fraction of sp³-hybridized carbons (Fsp3) is 0.647. The van der Waals surface area contributed by atoms with E-state index >= 15 is 0 Å². The maximum absolute atomic E-state index is 5.52. The Balaban J connectivity index is 1.65. The van der Waals surface area contributed by atoms with E-state index in [-0.39, 0.29) is 5.41 Å². The second-order valence-electron chi connectivity index (χ2n) is 6.70. The van der Waals surface area contributed by atoms with Gasteiger partial charge in [-0.05, 0) is 30.4 Å². The molecule has 1 aliphatic carbocycles. The first-order chi connectivity index (χ1) is 9.63. The minimum atomic E-state index is 0.233. The van der Waals surface area contributed by atoms with Gasteiger partial charge in [0.05, 0.1) is 6.10 Å². The fourth-order valence-electron chi connectivity index (χ4n) is 3.59. The van der Waals surface area contributed by atoms with E-state index in [0.29, 0.717) is 12.1 Å². The zero-order chi connectivity index (χ0) is 14.2. The van der Waals surface area contributed by atoms with E-state index < -0.39 is 0 Å². The minimum absolute atomic E-state index is 0.233. The van der Waals surface area contributed by atoms with Crippen molar-refractivity contribution in [3.8, 4) is 0 Å². The summed E-state index contributed by atoms with van der Waals surface area (Å²) >= 11 is 0. The average molecular weight is 274 g/mol. The predicted molar refractivity (Wildman–Crippen MR) is 83.1 cm³/mol. The number of fused-ring (bicyclic) bond motifs is 1. The summed E-state index contributed by atoms with van der Waals surface area (Å²) in [6.07, 6.45) is 3.96. The normalized spacial score (nSPS) is 27.4. The van der Waals surface area contributed by atoms with E-state index in [1.54, 1.807) is 0 Å². The summed E-state index contributed by atoms with van der Waals surface area (Å²) in [5.41, 5.74) is 4.47. The van der Waals surface area contributed by atoms with E-state index in [4.69, 9.17) is 4.74 Å². The van der Waals surface area contributed by atoms with Crippen molar-refractivity contribution in [2.75, 3.05) is 19.0 Å². The number of nitrogens with one attached hydrogen (secondary N) is 2. The Hall–Kier alpha value is -1.06. The molecule has 3 rings (SSSR count). The minimum Gasteiger partial charge on any atom is -0.385 e. The van der Waals surface area contributed by atoms with Crippen molar-refractivity contribution in [2.45, 2.75) is 51.8 Å². The van der Waals surface area contributed by atoms with Gasteiger partial charge in [-0.15, -0.1) is 0 Å². The molecule has 1 aromatic carbocycles. The van der Waals surface area contributed by atoms with Crippen LogP contribution in [-0.2, 0) is 17.7 Å². The lowest BCUT2D eigenvalue weighted by molar-refractivity contribution is -0.0978. The zero-order valence-electron chi connectivity index (χ0n) is 12.8. The van der Waals surface area contributed by atoms with Crippen LogP contribution in [0.3, 0.4) is 0 Å². The number of methoxy groups -OCH3 is 1. The number of aryl methyl sites for hydroxylation is 1. The number of para-hydroxylation sites is 1. The lowest BCUT2D eigenvalue weighted by atomic mass is 9.64. The van der Waals surface area contributed by atoms with Gasteiger partial charge >= 0.3 is 0 Å². The van der Waals surface area contributed by atoms with Crippen LogP contribution in [0.25, 0.3) is 0 Å². The van der Waals surface area contributed by atoms with Crippen LogP contribution in [0.4, 0.5) is 5.69 Å². The van der Waals surface area contributed by atoms with Gasteiger partial charge in [0, 0.05) is 37.3 Å². The molecule has 1 aromatic rings. The van der Waals surface area contributed by atoms with Crippen molar-refractivity contribution in [1.82, 2.24) is 5.32 Å². The average Bonchev–Trinajstić information content (AvgIpc) is 2.46. The van der Waals surface area contributed by atoms with Gasteiger partial charge < -0.3 is 15.4 Å². The predicted octanol–water partition coefficient (Wildman–Crippen LogP) is 2.95. The number of rotatable bonds is 4.